The van der Waals surface area contributed by atoms with Gasteiger partial charge in [0.25, 0.3) is 0 Å². The SMILES string of the molecule is CC(O)C(NC(=O)C(Cc1cnc[nH]1)NC(=O)C(CC(=O)O)NC(=O)C1CCCN1)C(=O)O. The second-order valence-electron chi connectivity index (χ2n) is 7.72. The number of H-pyrrole nitrogens is 1. The normalized spacial score (nSPS) is 19.0. The summed E-state index contributed by atoms with van der Waals surface area (Å²) < 4.78 is 0. The standard InChI is InChI=1S/C19H28N6O8/c1-9(26)15(19(32)33)25-18(31)12(5-10-7-20-8-22-10)23-17(30)13(6-14(27)28)24-16(29)11-3-2-4-21-11/h7-9,11-13,15,21,26H,2-6H2,1H3,(H,20,22)(H,23,30)(H,24,29)(H,25,31)(H,27,28)(H,32,33). The first kappa shape index (κ1) is 25.7. The van der Waals surface area contributed by atoms with E-state index in [1.807, 2.05) is 0 Å². The zero-order chi connectivity index (χ0) is 24.5. The van der Waals surface area contributed by atoms with Gasteiger partial charge in [-0.1, -0.05) is 0 Å². The topological polar surface area (TPSA) is 223 Å². The average molecular weight is 468 g/mol. The zero-order valence-corrected chi connectivity index (χ0v) is 17.9. The van der Waals surface area contributed by atoms with Gasteiger partial charge in [0.2, 0.25) is 17.7 Å². The largest absolute Gasteiger partial charge is 0.481 e. The lowest BCUT2D eigenvalue weighted by Crippen LogP contribution is -2.59. The van der Waals surface area contributed by atoms with Crippen molar-refractivity contribution in [3.8, 4) is 0 Å². The van der Waals surface area contributed by atoms with E-state index in [1.165, 1.54) is 19.4 Å². The molecule has 1 fully saturated rings. The quantitative estimate of drug-likeness (QED) is 0.156. The van der Waals surface area contributed by atoms with E-state index < -0.39 is 66.4 Å². The number of carbonyl (C=O) groups excluding carboxylic acids is 3. The molecule has 1 aliphatic heterocycles. The molecule has 0 aromatic carbocycles. The van der Waals surface area contributed by atoms with Crippen LogP contribution in [0.15, 0.2) is 12.5 Å². The van der Waals surface area contributed by atoms with Gasteiger partial charge in [-0.3, -0.25) is 19.2 Å². The highest BCUT2D eigenvalue weighted by Gasteiger charge is 2.33. The number of rotatable bonds is 12. The van der Waals surface area contributed by atoms with Crippen molar-refractivity contribution in [1.29, 1.82) is 0 Å². The highest BCUT2D eigenvalue weighted by atomic mass is 16.4. The molecule has 1 aliphatic rings. The number of aliphatic hydroxyl groups excluding tert-OH is 1. The van der Waals surface area contributed by atoms with Crippen LogP contribution >= 0.6 is 0 Å². The van der Waals surface area contributed by atoms with Crippen LogP contribution < -0.4 is 21.3 Å². The molecule has 1 aromatic rings. The summed E-state index contributed by atoms with van der Waals surface area (Å²) in [6.45, 7) is 1.80. The number of imidazole rings is 1. The smallest absolute Gasteiger partial charge is 0.328 e. The maximum atomic E-state index is 12.8. The van der Waals surface area contributed by atoms with Crippen molar-refractivity contribution in [3.63, 3.8) is 0 Å². The lowest BCUT2D eigenvalue weighted by Gasteiger charge is -2.25. The van der Waals surface area contributed by atoms with E-state index >= 15 is 0 Å². The molecule has 0 radical (unpaired) electrons. The Bertz CT molecular complexity index is 852. The second kappa shape index (κ2) is 11.9. The van der Waals surface area contributed by atoms with Gasteiger partial charge in [-0.2, -0.15) is 0 Å². The number of nitrogens with one attached hydrogen (secondary N) is 5. The van der Waals surface area contributed by atoms with Crippen LogP contribution in [0.4, 0.5) is 0 Å². The number of aliphatic carboxylic acids is 2. The van der Waals surface area contributed by atoms with Crippen LogP contribution in [0.5, 0.6) is 0 Å². The lowest BCUT2D eigenvalue weighted by atomic mass is 10.1. The molecule has 1 aromatic heterocycles. The van der Waals surface area contributed by atoms with Gasteiger partial charge in [0.1, 0.15) is 12.1 Å². The molecule has 0 saturated carbocycles. The van der Waals surface area contributed by atoms with Crippen LogP contribution in [-0.2, 0) is 30.4 Å². The number of aromatic amines is 1. The molecule has 2 rings (SSSR count). The maximum absolute atomic E-state index is 12.8. The number of nitrogens with zero attached hydrogens (tertiary/aromatic N) is 1. The van der Waals surface area contributed by atoms with Crippen LogP contribution in [0.25, 0.3) is 0 Å². The van der Waals surface area contributed by atoms with Gasteiger partial charge in [-0.05, 0) is 26.3 Å². The van der Waals surface area contributed by atoms with Crippen molar-refractivity contribution < 1.29 is 39.3 Å². The minimum atomic E-state index is -1.64. The summed E-state index contributed by atoms with van der Waals surface area (Å²) >= 11 is 0. The Morgan fingerprint density at radius 3 is 2.33 bits per heavy atom. The van der Waals surface area contributed by atoms with E-state index in [1.54, 1.807) is 0 Å². The fourth-order valence-electron chi connectivity index (χ4n) is 3.30. The number of aromatic nitrogens is 2. The van der Waals surface area contributed by atoms with Crippen molar-refractivity contribution >= 4 is 29.7 Å². The number of carbonyl (C=O) groups is 5. The lowest BCUT2D eigenvalue weighted by molar-refractivity contribution is -0.145. The number of carboxylic acids is 2. The molecular formula is C19H28N6O8. The Labute approximate surface area is 188 Å². The van der Waals surface area contributed by atoms with Crippen molar-refractivity contribution in [2.45, 2.75) is 62.9 Å². The molecule has 0 spiro atoms. The average Bonchev–Trinajstić information content (AvgIpc) is 3.44. The Kier molecular flexibility index (Phi) is 9.30. The van der Waals surface area contributed by atoms with Crippen molar-refractivity contribution in [2.75, 3.05) is 6.54 Å². The molecule has 33 heavy (non-hydrogen) atoms. The fraction of sp³-hybridized carbons (Fsp3) is 0.579. The number of carboxylic acid groups (broad SMARTS) is 2. The first-order valence-electron chi connectivity index (χ1n) is 10.3. The molecule has 1 saturated heterocycles. The van der Waals surface area contributed by atoms with E-state index in [-0.39, 0.29) is 6.42 Å². The molecule has 5 atom stereocenters. The number of hydrogen-bond donors (Lipinski definition) is 8. The predicted molar refractivity (Wildman–Crippen MR) is 111 cm³/mol. The molecule has 14 heteroatoms. The summed E-state index contributed by atoms with van der Waals surface area (Å²) in [6, 6.07) is -5.01. The Hall–Kier alpha value is -3.52. The minimum Gasteiger partial charge on any atom is -0.481 e. The Balaban J connectivity index is 2.17. The molecule has 14 nitrogen and oxygen atoms in total. The Morgan fingerprint density at radius 2 is 1.82 bits per heavy atom. The van der Waals surface area contributed by atoms with Crippen molar-refractivity contribution in [2.24, 2.45) is 0 Å². The van der Waals surface area contributed by atoms with E-state index in [0.717, 1.165) is 6.42 Å². The van der Waals surface area contributed by atoms with Crippen LogP contribution in [0.2, 0.25) is 0 Å². The molecule has 8 N–H and O–H groups in total. The monoisotopic (exact) mass is 468 g/mol. The van der Waals surface area contributed by atoms with Crippen LogP contribution in [0, 0.1) is 0 Å². The van der Waals surface area contributed by atoms with E-state index in [0.29, 0.717) is 18.7 Å². The highest BCUT2D eigenvalue weighted by molar-refractivity contribution is 5.95. The van der Waals surface area contributed by atoms with Gasteiger partial charge in [0.15, 0.2) is 6.04 Å². The van der Waals surface area contributed by atoms with Crippen LogP contribution in [-0.4, -0.2) is 91.8 Å². The molecule has 0 bridgehead atoms. The van der Waals surface area contributed by atoms with E-state index in [4.69, 9.17) is 0 Å². The second-order valence-corrected chi connectivity index (χ2v) is 7.72. The molecule has 3 amide bonds. The first-order chi connectivity index (χ1) is 15.6. The summed E-state index contributed by atoms with van der Waals surface area (Å²) in [6.07, 6.45) is 1.73. The predicted octanol–water partition coefficient (Wildman–Crippen LogP) is -2.90. The van der Waals surface area contributed by atoms with Crippen molar-refractivity contribution in [3.05, 3.63) is 18.2 Å². The van der Waals surface area contributed by atoms with E-state index in [2.05, 4.69) is 31.2 Å². The third-order valence-electron chi connectivity index (χ3n) is 5.05. The van der Waals surface area contributed by atoms with Gasteiger partial charge in [-0.15, -0.1) is 0 Å². The number of hydrogen-bond acceptors (Lipinski definition) is 8. The first-order valence-corrected chi connectivity index (χ1v) is 10.3. The zero-order valence-electron chi connectivity index (χ0n) is 17.9. The number of aliphatic hydroxyl groups is 1. The summed E-state index contributed by atoms with van der Waals surface area (Å²) in [5.74, 6) is -5.23. The maximum Gasteiger partial charge on any atom is 0.328 e. The third kappa shape index (κ3) is 7.84. The molecule has 0 aliphatic carbocycles. The van der Waals surface area contributed by atoms with Gasteiger partial charge in [-0.25, -0.2) is 9.78 Å². The van der Waals surface area contributed by atoms with Crippen molar-refractivity contribution in [1.82, 2.24) is 31.2 Å². The summed E-state index contributed by atoms with van der Waals surface area (Å²) in [4.78, 5) is 67.1. The van der Waals surface area contributed by atoms with Gasteiger partial charge in [0, 0.05) is 18.3 Å². The summed E-state index contributed by atoms with van der Waals surface area (Å²) in [5, 5.41) is 37.8. The van der Waals surface area contributed by atoms with E-state index in [9.17, 15) is 39.3 Å². The Morgan fingerprint density at radius 1 is 1.12 bits per heavy atom. The summed E-state index contributed by atoms with van der Waals surface area (Å²) in [7, 11) is 0. The fourth-order valence-corrected chi connectivity index (χ4v) is 3.30. The number of amides is 3. The third-order valence-corrected chi connectivity index (χ3v) is 5.05. The highest BCUT2D eigenvalue weighted by Crippen LogP contribution is 2.07. The molecule has 182 valence electrons. The van der Waals surface area contributed by atoms with Crippen LogP contribution in [0.1, 0.15) is 31.9 Å². The molecule has 2 heterocycles. The minimum absolute atomic E-state index is 0.137. The van der Waals surface area contributed by atoms with Crippen LogP contribution in [0.3, 0.4) is 0 Å². The molecular weight excluding hydrogens is 440 g/mol. The summed E-state index contributed by atoms with van der Waals surface area (Å²) in [5.41, 5.74) is 0.424. The molecule has 5 unspecified atom stereocenters. The van der Waals surface area contributed by atoms with Gasteiger partial charge >= 0.3 is 11.9 Å². The van der Waals surface area contributed by atoms with Gasteiger partial charge in [0.05, 0.1) is 24.9 Å². The van der Waals surface area contributed by atoms with Gasteiger partial charge < -0.3 is 41.6 Å².